The van der Waals surface area contributed by atoms with Gasteiger partial charge in [0.05, 0.1) is 0 Å². The number of carbonyl (C=O) groups excluding carboxylic acids is 1. The second-order valence-electron chi connectivity index (χ2n) is 5.27. The molecule has 0 spiro atoms. The number of nitrogens with two attached hydrogens (primary N) is 1. The van der Waals surface area contributed by atoms with Crippen LogP contribution in [0, 0.1) is 0 Å². The third kappa shape index (κ3) is 5.68. The summed E-state index contributed by atoms with van der Waals surface area (Å²) < 4.78 is 0. The number of amides is 1. The lowest BCUT2D eigenvalue weighted by Gasteiger charge is -2.21. The van der Waals surface area contributed by atoms with Crippen molar-refractivity contribution in [2.45, 2.75) is 25.8 Å². The molecular formula is C14H23N3O. The lowest BCUT2D eigenvalue weighted by molar-refractivity contribution is -0.121. The van der Waals surface area contributed by atoms with E-state index < -0.39 is 5.54 Å². The highest BCUT2D eigenvalue weighted by Crippen LogP contribution is 2.09. The minimum absolute atomic E-state index is 0.00367. The minimum Gasteiger partial charge on any atom is -0.373 e. The van der Waals surface area contributed by atoms with E-state index in [1.165, 1.54) is 0 Å². The number of nitrogens with one attached hydrogen (secondary N) is 1. The smallest absolute Gasteiger partial charge is 0.221 e. The molecule has 0 aliphatic rings. The van der Waals surface area contributed by atoms with Gasteiger partial charge in [-0.05, 0) is 26.0 Å². The van der Waals surface area contributed by atoms with Crippen molar-refractivity contribution in [2.75, 3.05) is 25.0 Å². The van der Waals surface area contributed by atoms with Gasteiger partial charge in [0.15, 0.2) is 0 Å². The fourth-order valence-electron chi connectivity index (χ4n) is 1.65. The summed E-state index contributed by atoms with van der Waals surface area (Å²) in [5.74, 6) is 0.00367. The van der Waals surface area contributed by atoms with Crippen molar-refractivity contribution in [3.05, 3.63) is 30.3 Å². The highest BCUT2D eigenvalue weighted by atomic mass is 16.1. The lowest BCUT2D eigenvalue weighted by Crippen LogP contribution is -2.41. The van der Waals surface area contributed by atoms with Crippen molar-refractivity contribution in [3.8, 4) is 0 Å². The summed E-state index contributed by atoms with van der Waals surface area (Å²) in [6, 6.07) is 10.1. The molecule has 0 unspecified atom stereocenters. The molecule has 0 saturated heterocycles. The molecule has 0 fully saturated rings. The first-order valence-corrected chi connectivity index (χ1v) is 6.20. The molecule has 1 rings (SSSR count). The maximum absolute atomic E-state index is 11.6. The Hall–Kier alpha value is -1.55. The van der Waals surface area contributed by atoms with E-state index in [9.17, 15) is 4.79 Å². The Morgan fingerprint density at radius 1 is 1.33 bits per heavy atom. The average Bonchev–Trinajstić information content (AvgIpc) is 2.27. The van der Waals surface area contributed by atoms with Gasteiger partial charge in [-0.15, -0.1) is 0 Å². The largest absolute Gasteiger partial charge is 0.373 e. The van der Waals surface area contributed by atoms with Crippen LogP contribution in [0.2, 0.25) is 0 Å². The molecule has 1 aromatic rings. The first-order chi connectivity index (χ1) is 8.38. The molecule has 4 nitrogen and oxygen atoms in total. The van der Waals surface area contributed by atoms with E-state index in [1.54, 1.807) is 0 Å². The van der Waals surface area contributed by atoms with Crippen LogP contribution in [-0.4, -0.2) is 31.6 Å². The summed E-state index contributed by atoms with van der Waals surface area (Å²) in [4.78, 5) is 13.7. The number of nitrogens with zero attached hydrogens (tertiary/aromatic N) is 1. The first kappa shape index (κ1) is 14.5. The number of benzene rings is 1. The van der Waals surface area contributed by atoms with Gasteiger partial charge in [0, 0.05) is 37.8 Å². The van der Waals surface area contributed by atoms with Crippen LogP contribution in [0.25, 0.3) is 0 Å². The molecule has 0 atom stereocenters. The first-order valence-electron chi connectivity index (χ1n) is 6.20. The van der Waals surface area contributed by atoms with Crippen LogP contribution >= 0.6 is 0 Å². The van der Waals surface area contributed by atoms with Gasteiger partial charge < -0.3 is 16.0 Å². The molecule has 0 radical (unpaired) electrons. The normalized spacial score (nSPS) is 11.1. The molecule has 4 heteroatoms. The number of carbonyl (C=O) groups is 1. The van der Waals surface area contributed by atoms with Gasteiger partial charge in [-0.3, -0.25) is 4.79 Å². The van der Waals surface area contributed by atoms with Gasteiger partial charge in [-0.2, -0.15) is 0 Å². The van der Waals surface area contributed by atoms with Gasteiger partial charge in [0.1, 0.15) is 0 Å². The summed E-state index contributed by atoms with van der Waals surface area (Å²) in [5.41, 5.74) is 6.48. The highest BCUT2D eigenvalue weighted by molar-refractivity contribution is 5.77. The van der Waals surface area contributed by atoms with Crippen LogP contribution in [-0.2, 0) is 4.79 Å². The molecule has 1 amide bonds. The molecule has 3 N–H and O–H groups in total. The van der Waals surface area contributed by atoms with Gasteiger partial charge in [0.25, 0.3) is 0 Å². The van der Waals surface area contributed by atoms with Crippen LogP contribution in [0.3, 0.4) is 0 Å². The molecule has 100 valence electrons. The summed E-state index contributed by atoms with van der Waals surface area (Å²) in [5, 5.41) is 2.88. The monoisotopic (exact) mass is 249 g/mol. The van der Waals surface area contributed by atoms with E-state index in [1.807, 2.05) is 51.2 Å². The van der Waals surface area contributed by atoms with Crippen molar-refractivity contribution in [1.82, 2.24) is 5.32 Å². The number of hydrogen-bond acceptors (Lipinski definition) is 3. The molecule has 0 aromatic heterocycles. The van der Waals surface area contributed by atoms with Crippen molar-refractivity contribution >= 4 is 11.6 Å². The molecule has 0 aliphatic heterocycles. The number of para-hydroxylation sites is 1. The number of anilines is 1. The van der Waals surface area contributed by atoms with Crippen LogP contribution in [0.1, 0.15) is 20.3 Å². The van der Waals surface area contributed by atoms with E-state index >= 15 is 0 Å². The quantitative estimate of drug-likeness (QED) is 0.800. The van der Waals surface area contributed by atoms with Gasteiger partial charge in [-0.1, -0.05) is 18.2 Å². The average molecular weight is 249 g/mol. The summed E-state index contributed by atoms with van der Waals surface area (Å²) >= 11 is 0. The highest BCUT2D eigenvalue weighted by Gasteiger charge is 2.15. The molecule has 0 heterocycles. The Labute approximate surface area is 109 Å². The maximum Gasteiger partial charge on any atom is 0.221 e. The van der Waals surface area contributed by atoms with Crippen LogP contribution in [0.4, 0.5) is 5.69 Å². The zero-order valence-electron chi connectivity index (χ0n) is 11.4. The zero-order valence-corrected chi connectivity index (χ0v) is 11.4. The third-order valence-corrected chi connectivity index (χ3v) is 2.58. The molecule has 18 heavy (non-hydrogen) atoms. The Kier molecular flexibility index (Phi) is 5.16. The molecule has 0 bridgehead atoms. The van der Waals surface area contributed by atoms with Crippen molar-refractivity contribution < 1.29 is 4.79 Å². The summed E-state index contributed by atoms with van der Waals surface area (Å²) in [7, 11) is 2.01. The van der Waals surface area contributed by atoms with E-state index in [-0.39, 0.29) is 5.91 Å². The van der Waals surface area contributed by atoms with E-state index in [0.717, 1.165) is 12.2 Å². The van der Waals surface area contributed by atoms with Crippen molar-refractivity contribution in [2.24, 2.45) is 5.73 Å². The van der Waals surface area contributed by atoms with Gasteiger partial charge in [0.2, 0.25) is 5.91 Å². The van der Waals surface area contributed by atoms with Crippen LogP contribution in [0.15, 0.2) is 30.3 Å². The molecular weight excluding hydrogens is 226 g/mol. The van der Waals surface area contributed by atoms with Crippen molar-refractivity contribution in [3.63, 3.8) is 0 Å². The summed E-state index contributed by atoms with van der Waals surface area (Å²) in [6.45, 7) is 5.10. The summed E-state index contributed by atoms with van der Waals surface area (Å²) in [6.07, 6.45) is 0.349. The van der Waals surface area contributed by atoms with Gasteiger partial charge >= 0.3 is 0 Å². The van der Waals surface area contributed by atoms with Crippen molar-refractivity contribution in [1.29, 1.82) is 0 Å². The molecule has 0 saturated carbocycles. The number of likely N-dealkylation sites (N-methyl/N-ethyl adjacent to an activating group) is 1. The zero-order chi connectivity index (χ0) is 13.6. The predicted octanol–water partition coefficient (Wildman–Crippen LogP) is 1.37. The number of hydrogen-bond donors (Lipinski definition) is 2. The number of rotatable bonds is 6. The molecule has 0 aliphatic carbocycles. The second kappa shape index (κ2) is 6.40. The van der Waals surface area contributed by atoms with Crippen LogP contribution < -0.4 is 16.0 Å². The fourth-order valence-corrected chi connectivity index (χ4v) is 1.65. The third-order valence-electron chi connectivity index (χ3n) is 2.58. The van der Waals surface area contributed by atoms with E-state index in [2.05, 4.69) is 10.2 Å². The molecule has 1 aromatic carbocycles. The fraction of sp³-hybridized carbons (Fsp3) is 0.500. The SMILES string of the molecule is CN(CCNC(=O)CC(C)(C)N)c1ccccc1. The lowest BCUT2D eigenvalue weighted by atomic mass is 10.0. The Balaban J connectivity index is 2.28. The maximum atomic E-state index is 11.6. The van der Waals surface area contributed by atoms with E-state index in [4.69, 9.17) is 5.73 Å². The predicted molar refractivity (Wildman–Crippen MR) is 75.6 cm³/mol. The Morgan fingerprint density at radius 3 is 2.50 bits per heavy atom. The van der Waals surface area contributed by atoms with Gasteiger partial charge in [-0.25, -0.2) is 0 Å². The minimum atomic E-state index is -0.449. The standard InChI is InChI=1S/C14H23N3O/c1-14(2,15)11-13(18)16-9-10-17(3)12-7-5-4-6-8-12/h4-8H,9-11,15H2,1-3H3,(H,16,18). The van der Waals surface area contributed by atoms with E-state index in [0.29, 0.717) is 13.0 Å². The Morgan fingerprint density at radius 2 is 1.94 bits per heavy atom. The topological polar surface area (TPSA) is 58.4 Å². The van der Waals surface area contributed by atoms with Crippen LogP contribution in [0.5, 0.6) is 0 Å². The Bertz CT molecular complexity index is 370. The second-order valence-corrected chi connectivity index (χ2v) is 5.27.